The molecule has 3 aromatic heterocycles. The molecule has 3 heterocycles. The van der Waals surface area contributed by atoms with E-state index in [-0.39, 0.29) is 0 Å². The summed E-state index contributed by atoms with van der Waals surface area (Å²) in [4.78, 5) is 11.7. The van der Waals surface area contributed by atoms with Crippen molar-refractivity contribution in [1.82, 2.24) is 15.0 Å². The largest absolute Gasteiger partial charge is 0.265 e. The average molecular weight is 251 g/mol. The molecule has 0 radical (unpaired) electrons. The van der Waals surface area contributed by atoms with Crippen molar-refractivity contribution in [3.63, 3.8) is 0 Å². The molecule has 0 aliphatic carbocycles. The Morgan fingerprint density at radius 3 is 1.84 bits per heavy atom. The number of pyridine rings is 3. The highest BCUT2D eigenvalue weighted by molar-refractivity contribution is 5.82. The standard InChI is InChI=1S/C15H10FN3/c16-15-9-13(11-1-5-17-6-2-11)14(10-19-15)12-3-7-18-8-4-12/h1-10H. The summed E-state index contributed by atoms with van der Waals surface area (Å²) in [6.45, 7) is 0. The molecule has 0 aromatic carbocycles. The molecule has 3 nitrogen and oxygen atoms in total. The third kappa shape index (κ3) is 2.33. The molecule has 0 atom stereocenters. The predicted molar refractivity (Wildman–Crippen MR) is 70.7 cm³/mol. The van der Waals surface area contributed by atoms with Crippen LogP contribution in [0.5, 0.6) is 0 Å². The van der Waals surface area contributed by atoms with E-state index in [9.17, 15) is 4.39 Å². The van der Waals surface area contributed by atoms with E-state index < -0.39 is 5.95 Å². The summed E-state index contributed by atoms with van der Waals surface area (Å²) in [5.41, 5.74) is 3.52. The van der Waals surface area contributed by atoms with Gasteiger partial charge in [-0.25, -0.2) is 4.98 Å². The third-order valence-corrected chi connectivity index (χ3v) is 2.85. The fourth-order valence-electron chi connectivity index (χ4n) is 1.96. The molecule has 4 heteroatoms. The molecule has 0 aliphatic rings. The Morgan fingerprint density at radius 2 is 1.26 bits per heavy atom. The molecule has 0 saturated carbocycles. The van der Waals surface area contributed by atoms with Crippen LogP contribution in [-0.2, 0) is 0 Å². The van der Waals surface area contributed by atoms with Crippen LogP contribution in [0.2, 0.25) is 0 Å². The van der Waals surface area contributed by atoms with E-state index in [0.717, 1.165) is 22.3 Å². The van der Waals surface area contributed by atoms with Gasteiger partial charge >= 0.3 is 0 Å². The summed E-state index contributed by atoms with van der Waals surface area (Å²) in [6.07, 6.45) is 8.32. The van der Waals surface area contributed by atoms with E-state index in [2.05, 4.69) is 15.0 Å². The minimum Gasteiger partial charge on any atom is -0.265 e. The van der Waals surface area contributed by atoms with Gasteiger partial charge in [0.1, 0.15) is 0 Å². The van der Waals surface area contributed by atoms with Crippen molar-refractivity contribution >= 4 is 0 Å². The highest BCUT2D eigenvalue weighted by Crippen LogP contribution is 2.31. The molecular formula is C15H10FN3. The number of rotatable bonds is 2. The van der Waals surface area contributed by atoms with Gasteiger partial charge in [0.2, 0.25) is 5.95 Å². The van der Waals surface area contributed by atoms with Crippen LogP contribution in [0.4, 0.5) is 4.39 Å². The number of halogens is 1. The van der Waals surface area contributed by atoms with E-state index >= 15 is 0 Å². The SMILES string of the molecule is Fc1cc(-c2ccncc2)c(-c2ccncc2)cn1. The first-order valence-corrected chi connectivity index (χ1v) is 5.81. The van der Waals surface area contributed by atoms with Crippen molar-refractivity contribution in [2.75, 3.05) is 0 Å². The summed E-state index contributed by atoms with van der Waals surface area (Å²) < 4.78 is 13.4. The Balaban J connectivity index is 2.21. The van der Waals surface area contributed by atoms with Crippen LogP contribution in [-0.4, -0.2) is 15.0 Å². The van der Waals surface area contributed by atoms with Gasteiger partial charge in [0.05, 0.1) is 0 Å². The average Bonchev–Trinajstić information content (AvgIpc) is 2.49. The van der Waals surface area contributed by atoms with Gasteiger partial charge in [-0.3, -0.25) is 9.97 Å². The molecule has 0 N–H and O–H groups in total. The molecule has 19 heavy (non-hydrogen) atoms. The van der Waals surface area contributed by atoms with E-state index in [1.807, 2.05) is 24.3 Å². The van der Waals surface area contributed by atoms with Crippen LogP contribution < -0.4 is 0 Å². The van der Waals surface area contributed by atoms with Gasteiger partial charge in [-0.05, 0) is 41.0 Å². The Morgan fingerprint density at radius 1 is 0.737 bits per heavy atom. The first-order valence-electron chi connectivity index (χ1n) is 5.81. The zero-order chi connectivity index (χ0) is 13.1. The number of aromatic nitrogens is 3. The lowest BCUT2D eigenvalue weighted by Crippen LogP contribution is -1.90. The first kappa shape index (κ1) is 11.5. The molecule has 0 bridgehead atoms. The Hall–Kier alpha value is -2.62. The van der Waals surface area contributed by atoms with Crippen molar-refractivity contribution in [1.29, 1.82) is 0 Å². The lowest BCUT2D eigenvalue weighted by atomic mass is 9.98. The Labute approximate surface area is 109 Å². The molecule has 0 spiro atoms. The lowest BCUT2D eigenvalue weighted by Gasteiger charge is -2.09. The molecule has 0 unspecified atom stereocenters. The monoisotopic (exact) mass is 251 g/mol. The number of hydrogen-bond donors (Lipinski definition) is 0. The second-order valence-corrected chi connectivity index (χ2v) is 4.02. The molecule has 0 saturated heterocycles. The van der Waals surface area contributed by atoms with Crippen LogP contribution in [0.25, 0.3) is 22.3 Å². The maximum absolute atomic E-state index is 13.4. The molecular weight excluding hydrogens is 241 g/mol. The molecule has 0 fully saturated rings. The zero-order valence-corrected chi connectivity index (χ0v) is 9.99. The summed E-state index contributed by atoms with van der Waals surface area (Å²) in [7, 11) is 0. The van der Waals surface area contributed by atoms with Crippen LogP contribution in [0.15, 0.2) is 61.3 Å². The molecule has 92 valence electrons. The van der Waals surface area contributed by atoms with E-state index in [0.29, 0.717) is 0 Å². The molecule has 3 rings (SSSR count). The van der Waals surface area contributed by atoms with Crippen LogP contribution in [0.1, 0.15) is 0 Å². The summed E-state index contributed by atoms with van der Waals surface area (Å²) >= 11 is 0. The first-order chi connectivity index (χ1) is 9.34. The fraction of sp³-hybridized carbons (Fsp3) is 0. The van der Waals surface area contributed by atoms with Gasteiger partial charge < -0.3 is 0 Å². The minimum absolute atomic E-state index is 0.496. The summed E-state index contributed by atoms with van der Waals surface area (Å²) in [5.74, 6) is -0.496. The van der Waals surface area contributed by atoms with Crippen LogP contribution in [0.3, 0.4) is 0 Å². The highest BCUT2D eigenvalue weighted by Gasteiger charge is 2.09. The van der Waals surface area contributed by atoms with Crippen molar-refractivity contribution in [3.8, 4) is 22.3 Å². The van der Waals surface area contributed by atoms with Gasteiger partial charge in [-0.1, -0.05) is 0 Å². The van der Waals surface area contributed by atoms with E-state index in [1.54, 1.807) is 31.0 Å². The smallest absolute Gasteiger partial charge is 0.213 e. The molecule has 3 aromatic rings. The number of hydrogen-bond acceptors (Lipinski definition) is 3. The third-order valence-electron chi connectivity index (χ3n) is 2.85. The van der Waals surface area contributed by atoms with E-state index in [4.69, 9.17) is 0 Å². The highest BCUT2D eigenvalue weighted by atomic mass is 19.1. The van der Waals surface area contributed by atoms with Crippen LogP contribution >= 0.6 is 0 Å². The van der Waals surface area contributed by atoms with E-state index in [1.165, 1.54) is 6.07 Å². The number of nitrogens with zero attached hydrogens (tertiary/aromatic N) is 3. The van der Waals surface area contributed by atoms with Gasteiger partial charge in [-0.2, -0.15) is 4.39 Å². The van der Waals surface area contributed by atoms with Crippen molar-refractivity contribution in [3.05, 3.63) is 67.3 Å². The topological polar surface area (TPSA) is 38.7 Å². The maximum Gasteiger partial charge on any atom is 0.213 e. The fourth-order valence-corrected chi connectivity index (χ4v) is 1.96. The van der Waals surface area contributed by atoms with Crippen molar-refractivity contribution < 1.29 is 4.39 Å². The van der Waals surface area contributed by atoms with Gasteiger partial charge in [-0.15, -0.1) is 0 Å². The van der Waals surface area contributed by atoms with Crippen molar-refractivity contribution in [2.45, 2.75) is 0 Å². The lowest BCUT2D eigenvalue weighted by molar-refractivity contribution is 0.584. The predicted octanol–water partition coefficient (Wildman–Crippen LogP) is 3.34. The minimum atomic E-state index is -0.496. The molecule has 0 aliphatic heterocycles. The summed E-state index contributed by atoms with van der Waals surface area (Å²) in [5, 5.41) is 0. The normalized spacial score (nSPS) is 10.4. The summed E-state index contributed by atoms with van der Waals surface area (Å²) in [6, 6.07) is 8.88. The maximum atomic E-state index is 13.4. The van der Waals surface area contributed by atoms with Crippen LogP contribution in [0, 0.1) is 5.95 Å². The van der Waals surface area contributed by atoms with Gasteiger partial charge in [0, 0.05) is 42.6 Å². The Kier molecular flexibility index (Phi) is 2.98. The molecule has 0 amide bonds. The quantitative estimate of drug-likeness (QED) is 0.656. The Bertz CT molecular complexity index is 684. The van der Waals surface area contributed by atoms with Gasteiger partial charge in [0.15, 0.2) is 0 Å². The zero-order valence-electron chi connectivity index (χ0n) is 9.99. The van der Waals surface area contributed by atoms with Gasteiger partial charge in [0.25, 0.3) is 0 Å². The second kappa shape index (κ2) is 4.94. The van der Waals surface area contributed by atoms with Crippen molar-refractivity contribution in [2.24, 2.45) is 0 Å². The second-order valence-electron chi connectivity index (χ2n) is 4.02.